The van der Waals surface area contributed by atoms with Gasteiger partial charge in [0.25, 0.3) is 0 Å². The highest BCUT2D eigenvalue weighted by Crippen LogP contribution is 2.06. The fraction of sp³-hybridized carbons (Fsp3) is 0.700. The Morgan fingerprint density at radius 1 is 1.53 bits per heavy atom. The fourth-order valence-electron chi connectivity index (χ4n) is 0.768. The highest BCUT2D eigenvalue weighted by atomic mass is 19.1. The molecule has 0 saturated carbocycles. The third-order valence-corrected chi connectivity index (χ3v) is 1.32. The second-order valence-electron chi connectivity index (χ2n) is 4.01. The molecular formula is C10H18FNO3. The maximum absolute atomic E-state index is 12.7. The standard InChI is InChI=1S/C10H18FNO3/c1-10(2,3)15-9(14)12-6-4-8(11)5-7-13/h4,13H,5-7H2,1-3H3,(H,12,14)/b8-4-. The van der Waals surface area contributed by atoms with E-state index in [0.717, 1.165) is 0 Å². The minimum Gasteiger partial charge on any atom is -0.444 e. The molecule has 0 unspecified atom stereocenters. The van der Waals surface area contributed by atoms with Crippen molar-refractivity contribution in [3.05, 3.63) is 11.9 Å². The number of aliphatic hydroxyl groups is 1. The topological polar surface area (TPSA) is 58.6 Å². The molecule has 0 aromatic rings. The van der Waals surface area contributed by atoms with Crippen molar-refractivity contribution in [2.75, 3.05) is 13.2 Å². The van der Waals surface area contributed by atoms with Crippen LogP contribution >= 0.6 is 0 Å². The Morgan fingerprint density at radius 2 is 2.13 bits per heavy atom. The smallest absolute Gasteiger partial charge is 0.407 e. The Balaban J connectivity index is 3.77. The lowest BCUT2D eigenvalue weighted by Crippen LogP contribution is -2.32. The summed E-state index contributed by atoms with van der Waals surface area (Å²) in [7, 11) is 0. The number of hydrogen-bond acceptors (Lipinski definition) is 3. The van der Waals surface area contributed by atoms with Crippen LogP contribution in [0.25, 0.3) is 0 Å². The van der Waals surface area contributed by atoms with Crippen LogP contribution in [0.3, 0.4) is 0 Å². The Hall–Kier alpha value is -1.10. The van der Waals surface area contributed by atoms with Crippen LogP contribution < -0.4 is 5.32 Å². The summed E-state index contributed by atoms with van der Waals surface area (Å²) >= 11 is 0. The average Bonchev–Trinajstić information content (AvgIpc) is 2.00. The van der Waals surface area contributed by atoms with Crippen molar-refractivity contribution in [3.63, 3.8) is 0 Å². The van der Waals surface area contributed by atoms with Crippen molar-refractivity contribution in [1.82, 2.24) is 5.32 Å². The molecule has 0 atom stereocenters. The minimum absolute atomic E-state index is 0.0317. The molecule has 15 heavy (non-hydrogen) atoms. The molecule has 88 valence electrons. The van der Waals surface area contributed by atoms with Gasteiger partial charge in [0.15, 0.2) is 0 Å². The van der Waals surface area contributed by atoms with E-state index in [9.17, 15) is 9.18 Å². The monoisotopic (exact) mass is 219 g/mol. The number of rotatable bonds is 4. The molecule has 2 N–H and O–H groups in total. The number of carbonyl (C=O) groups is 1. The van der Waals surface area contributed by atoms with Crippen LogP contribution in [-0.4, -0.2) is 30.0 Å². The van der Waals surface area contributed by atoms with Gasteiger partial charge in [0.1, 0.15) is 5.60 Å². The Bertz CT molecular complexity index is 233. The molecule has 0 saturated heterocycles. The molecule has 0 heterocycles. The molecule has 0 rings (SSSR count). The molecule has 0 bridgehead atoms. The Morgan fingerprint density at radius 3 is 2.60 bits per heavy atom. The van der Waals surface area contributed by atoms with E-state index < -0.39 is 17.5 Å². The van der Waals surface area contributed by atoms with Crippen molar-refractivity contribution in [1.29, 1.82) is 0 Å². The first kappa shape index (κ1) is 13.9. The number of nitrogens with one attached hydrogen (secondary N) is 1. The Kier molecular flexibility index (Phi) is 5.93. The van der Waals surface area contributed by atoms with E-state index in [-0.39, 0.29) is 19.6 Å². The molecule has 0 spiro atoms. The van der Waals surface area contributed by atoms with E-state index >= 15 is 0 Å². The lowest BCUT2D eigenvalue weighted by atomic mass is 10.2. The number of aliphatic hydroxyl groups excluding tert-OH is 1. The van der Waals surface area contributed by atoms with Crippen molar-refractivity contribution < 1.29 is 19.0 Å². The average molecular weight is 219 g/mol. The maximum Gasteiger partial charge on any atom is 0.407 e. The summed E-state index contributed by atoms with van der Waals surface area (Å²) in [4.78, 5) is 11.1. The van der Waals surface area contributed by atoms with Crippen LogP contribution in [0.5, 0.6) is 0 Å². The molecule has 0 fully saturated rings. The largest absolute Gasteiger partial charge is 0.444 e. The first-order valence-corrected chi connectivity index (χ1v) is 4.77. The zero-order valence-electron chi connectivity index (χ0n) is 9.34. The summed E-state index contributed by atoms with van der Waals surface area (Å²) in [6.45, 7) is 5.05. The van der Waals surface area contributed by atoms with Crippen molar-refractivity contribution >= 4 is 6.09 Å². The van der Waals surface area contributed by atoms with Crippen LogP contribution in [-0.2, 0) is 4.74 Å². The third kappa shape index (κ3) is 9.21. The SMILES string of the molecule is CC(C)(C)OC(=O)NC/C=C(\F)CCO. The van der Waals surface area contributed by atoms with Gasteiger partial charge in [-0.15, -0.1) is 0 Å². The normalized spacial score (nSPS) is 12.5. The van der Waals surface area contributed by atoms with E-state index in [1.807, 2.05) is 0 Å². The Labute approximate surface area is 89.1 Å². The number of alkyl carbamates (subject to hydrolysis) is 1. The molecular weight excluding hydrogens is 201 g/mol. The van der Waals surface area contributed by atoms with Gasteiger partial charge >= 0.3 is 6.09 Å². The molecule has 0 radical (unpaired) electrons. The zero-order valence-corrected chi connectivity index (χ0v) is 9.34. The predicted molar refractivity (Wildman–Crippen MR) is 55.1 cm³/mol. The van der Waals surface area contributed by atoms with Gasteiger partial charge in [-0.05, 0) is 26.8 Å². The number of hydrogen-bond donors (Lipinski definition) is 2. The highest BCUT2D eigenvalue weighted by Gasteiger charge is 2.15. The van der Waals surface area contributed by atoms with E-state index in [1.165, 1.54) is 6.08 Å². The van der Waals surface area contributed by atoms with Crippen LogP contribution in [0.1, 0.15) is 27.2 Å². The van der Waals surface area contributed by atoms with E-state index in [4.69, 9.17) is 9.84 Å². The molecule has 0 aliphatic heterocycles. The van der Waals surface area contributed by atoms with E-state index in [1.54, 1.807) is 20.8 Å². The zero-order chi connectivity index (χ0) is 11.9. The number of halogens is 1. The number of carbonyl (C=O) groups excluding carboxylic acids is 1. The molecule has 5 heteroatoms. The van der Waals surface area contributed by atoms with Gasteiger partial charge in [0.05, 0.1) is 5.83 Å². The molecule has 0 aromatic heterocycles. The highest BCUT2D eigenvalue weighted by molar-refractivity contribution is 5.67. The lowest BCUT2D eigenvalue weighted by molar-refractivity contribution is 0.0534. The van der Waals surface area contributed by atoms with Crippen LogP contribution in [0, 0.1) is 0 Å². The predicted octanol–water partition coefficient (Wildman–Crippen LogP) is 1.75. The lowest BCUT2D eigenvalue weighted by Gasteiger charge is -2.19. The van der Waals surface area contributed by atoms with E-state index in [0.29, 0.717) is 0 Å². The maximum atomic E-state index is 12.7. The quantitative estimate of drug-likeness (QED) is 0.757. The van der Waals surface area contributed by atoms with Crippen LogP contribution in [0.4, 0.5) is 9.18 Å². The summed E-state index contributed by atoms with van der Waals surface area (Å²) in [5, 5.41) is 10.8. The summed E-state index contributed by atoms with van der Waals surface area (Å²) in [5.74, 6) is -0.450. The van der Waals surface area contributed by atoms with Gasteiger partial charge < -0.3 is 15.2 Å². The molecule has 0 aliphatic rings. The first-order valence-electron chi connectivity index (χ1n) is 4.77. The molecule has 1 amide bonds. The van der Waals surface area contributed by atoms with Crippen molar-refractivity contribution in [3.8, 4) is 0 Å². The van der Waals surface area contributed by atoms with Gasteiger partial charge in [0, 0.05) is 19.6 Å². The molecule has 0 aliphatic carbocycles. The number of amides is 1. The van der Waals surface area contributed by atoms with Crippen LogP contribution in [0.2, 0.25) is 0 Å². The second kappa shape index (κ2) is 6.40. The third-order valence-electron chi connectivity index (χ3n) is 1.32. The van der Waals surface area contributed by atoms with Gasteiger partial charge in [-0.1, -0.05) is 0 Å². The number of ether oxygens (including phenoxy) is 1. The summed E-state index contributed by atoms with van der Waals surface area (Å²) in [5.41, 5.74) is -0.558. The van der Waals surface area contributed by atoms with Gasteiger partial charge in [-0.2, -0.15) is 0 Å². The van der Waals surface area contributed by atoms with Gasteiger partial charge in [0.2, 0.25) is 0 Å². The molecule has 4 nitrogen and oxygen atoms in total. The first-order chi connectivity index (χ1) is 6.85. The molecule has 0 aromatic carbocycles. The van der Waals surface area contributed by atoms with Gasteiger partial charge in [-0.25, -0.2) is 9.18 Å². The second-order valence-corrected chi connectivity index (χ2v) is 4.01. The van der Waals surface area contributed by atoms with Crippen molar-refractivity contribution in [2.24, 2.45) is 0 Å². The van der Waals surface area contributed by atoms with Crippen LogP contribution in [0.15, 0.2) is 11.9 Å². The summed E-state index contributed by atoms with van der Waals surface area (Å²) in [6, 6.07) is 0. The summed E-state index contributed by atoms with van der Waals surface area (Å²) in [6.07, 6.45) is 0.575. The summed E-state index contributed by atoms with van der Waals surface area (Å²) < 4.78 is 17.6. The van der Waals surface area contributed by atoms with Crippen molar-refractivity contribution in [2.45, 2.75) is 32.8 Å². The minimum atomic E-state index is -0.587. The van der Waals surface area contributed by atoms with E-state index in [2.05, 4.69) is 5.32 Å². The fourth-order valence-corrected chi connectivity index (χ4v) is 0.768. The van der Waals surface area contributed by atoms with Gasteiger partial charge in [-0.3, -0.25) is 0 Å².